The highest BCUT2D eigenvalue weighted by atomic mass is 79.9. The fourth-order valence-corrected chi connectivity index (χ4v) is 2.06. The Morgan fingerprint density at radius 3 is 2.80 bits per heavy atom. The van der Waals surface area contributed by atoms with Gasteiger partial charge in [0.2, 0.25) is 0 Å². The van der Waals surface area contributed by atoms with Crippen molar-refractivity contribution in [1.29, 1.82) is 0 Å². The molecule has 0 fully saturated rings. The number of nitrogens with one attached hydrogen (secondary N) is 1. The highest BCUT2D eigenvalue weighted by Crippen LogP contribution is 2.25. The van der Waals surface area contributed by atoms with Gasteiger partial charge in [-0.3, -0.25) is 14.9 Å². The quantitative estimate of drug-likeness (QED) is 0.529. The minimum atomic E-state index is -0.478. The zero-order valence-corrected chi connectivity index (χ0v) is 12.0. The summed E-state index contributed by atoms with van der Waals surface area (Å²) in [5.41, 5.74) is 1.22. The summed E-state index contributed by atoms with van der Waals surface area (Å²) in [4.78, 5) is 26.4. The zero-order valence-electron chi connectivity index (χ0n) is 10.5. The molecule has 2 aromatic rings. The lowest BCUT2D eigenvalue weighted by Gasteiger charge is -2.08. The van der Waals surface area contributed by atoms with E-state index in [9.17, 15) is 14.9 Å². The number of hydrogen-bond donors (Lipinski definition) is 1. The molecule has 0 radical (unpaired) electrons. The number of carbonyl (C=O) groups is 1. The molecule has 20 heavy (non-hydrogen) atoms. The first-order chi connectivity index (χ1) is 9.49. The fourth-order valence-electron chi connectivity index (χ4n) is 1.69. The first-order valence-electron chi connectivity index (χ1n) is 5.66. The Hall–Kier alpha value is -2.28. The lowest BCUT2D eigenvalue weighted by molar-refractivity contribution is -0.385. The molecule has 0 unspecified atom stereocenters. The second kappa shape index (κ2) is 5.79. The molecule has 7 heteroatoms. The van der Waals surface area contributed by atoms with E-state index in [1.54, 1.807) is 25.1 Å². The van der Waals surface area contributed by atoms with Gasteiger partial charge in [0.15, 0.2) is 0 Å². The van der Waals surface area contributed by atoms with Crippen LogP contribution in [0.4, 0.5) is 11.4 Å². The van der Waals surface area contributed by atoms with Crippen molar-refractivity contribution >= 4 is 33.2 Å². The van der Waals surface area contributed by atoms with Crippen LogP contribution in [-0.2, 0) is 0 Å². The van der Waals surface area contributed by atoms with E-state index >= 15 is 0 Å². The lowest BCUT2D eigenvalue weighted by atomic mass is 10.1. The van der Waals surface area contributed by atoms with E-state index < -0.39 is 4.92 Å². The van der Waals surface area contributed by atoms with Crippen molar-refractivity contribution < 1.29 is 9.72 Å². The van der Waals surface area contributed by atoms with Crippen molar-refractivity contribution in [2.75, 3.05) is 5.32 Å². The molecule has 6 nitrogen and oxygen atoms in total. The Kier molecular flexibility index (Phi) is 4.09. The van der Waals surface area contributed by atoms with Crippen LogP contribution in [0.1, 0.15) is 15.9 Å². The van der Waals surface area contributed by atoms with Gasteiger partial charge in [-0.15, -0.1) is 0 Å². The average molecular weight is 336 g/mol. The summed E-state index contributed by atoms with van der Waals surface area (Å²) < 4.78 is 0.543. The normalized spacial score (nSPS) is 10.1. The molecule has 1 aromatic heterocycles. The van der Waals surface area contributed by atoms with Crippen molar-refractivity contribution in [3.05, 3.63) is 62.4 Å². The van der Waals surface area contributed by atoms with Crippen LogP contribution in [0, 0.1) is 17.0 Å². The zero-order chi connectivity index (χ0) is 14.7. The summed E-state index contributed by atoms with van der Waals surface area (Å²) in [6.07, 6.45) is 1.50. The highest BCUT2D eigenvalue weighted by molar-refractivity contribution is 9.10. The van der Waals surface area contributed by atoms with E-state index in [1.165, 1.54) is 18.3 Å². The predicted octanol–water partition coefficient (Wildman–Crippen LogP) is 3.31. The van der Waals surface area contributed by atoms with E-state index in [1.807, 2.05) is 0 Å². The van der Waals surface area contributed by atoms with Crippen molar-refractivity contribution in [2.24, 2.45) is 0 Å². The van der Waals surface area contributed by atoms with E-state index in [4.69, 9.17) is 0 Å². The molecule has 0 aliphatic rings. The molecule has 1 amide bonds. The van der Waals surface area contributed by atoms with Gasteiger partial charge < -0.3 is 5.32 Å². The molecule has 0 aliphatic heterocycles. The summed E-state index contributed by atoms with van der Waals surface area (Å²) in [5, 5.41) is 13.5. The number of rotatable bonds is 3. The standard InChI is InChI=1S/C13H10BrN3O3/c1-8-10(3-2-4-11(8)17(19)20)16-13(18)9-5-6-15-12(14)7-9/h2-7H,1H3,(H,16,18). The molecule has 1 aromatic carbocycles. The highest BCUT2D eigenvalue weighted by Gasteiger charge is 2.15. The van der Waals surface area contributed by atoms with Crippen molar-refractivity contribution in [1.82, 2.24) is 4.98 Å². The molecule has 0 saturated heterocycles. The maximum absolute atomic E-state index is 12.1. The lowest BCUT2D eigenvalue weighted by Crippen LogP contribution is -2.13. The Labute approximate surface area is 123 Å². The van der Waals surface area contributed by atoms with Crippen molar-refractivity contribution in [3.8, 4) is 0 Å². The van der Waals surface area contributed by atoms with Crippen LogP contribution in [0.5, 0.6) is 0 Å². The predicted molar refractivity (Wildman–Crippen MR) is 77.7 cm³/mol. The number of carbonyl (C=O) groups excluding carboxylic acids is 1. The van der Waals surface area contributed by atoms with Crippen LogP contribution in [0.3, 0.4) is 0 Å². The molecular formula is C13H10BrN3O3. The number of nitro benzene ring substituents is 1. The van der Waals surface area contributed by atoms with Gasteiger partial charge in [0.25, 0.3) is 11.6 Å². The second-order valence-corrected chi connectivity index (χ2v) is 4.84. The largest absolute Gasteiger partial charge is 0.321 e. The van der Waals surface area contributed by atoms with Gasteiger partial charge in [-0.25, -0.2) is 4.98 Å². The van der Waals surface area contributed by atoms with Crippen LogP contribution in [0.25, 0.3) is 0 Å². The number of benzene rings is 1. The molecular weight excluding hydrogens is 326 g/mol. The maximum atomic E-state index is 12.1. The third-order valence-electron chi connectivity index (χ3n) is 2.74. The number of anilines is 1. The van der Waals surface area contributed by atoms with Crippen molar-refractivity contribution in [3.63, 3.8) is 0 Å². The summed E-state index contributed by atoms with van der Waals surface area (Å²) in [6, 6.07) is 7.68. The summed E-state index contributed by atoms with van der Waals surface area (Å²) in [5.74, 6) is -0.350. The van der Waals surface area contributed by atoms with Gasteiger partial charge in [0.05, 0.1) is 16.2 Å². The number of aromatic nitrogens is 1. The number of hydrogen-bond acceptors (Lipinski definition) is 4. The maximum Gasteiger partial charge on any atom is 0.274 e. The summed E-state index contributed by atoms with van der Waals surface area (Å²) >= 11 is 3.18. The van der Waals surface area contributed by atoms with E-state index in [2.05, 4.69) is 26.2 Å². The average Bonchev–Trinajstić information content (AvgIpc) is 2.40. The van der Waals surface area contributed by atoms with Crippen LogP contribution in [0.15, 0.2) is 41.1 Å². The monoisotopic (exact) mass is 335 g/mol. The first kappa shape index (κ1) is 14.1. The van der Waals surface area contributed by atoms with Gasteiger partial charge >= 0.3 is 0 Å². The van der Waals surface area contributed by atoms with E-state index in [0.29, 0.717) is 21.4 Å². The van der Waals surface area contributed by atoms with Crippen LogP contribution in [-0.4, -0.2) is 15.8 Å². The van der Waals surface area contributed by atoms with Crippen LogP contribution in [0.2, 0.25) is 0 Å². The van der Waals surface area contributed by atoms with E-state index in [-0.39, 0.29) is 11.6 Å². The molecule has 1 heterocycles. The molecule has 2 rings (SSSR count). The number of nitro groups is 1. The van der Waals surface area contributed by atoms with Gasteiger partial charge in [0, 0.05) is 17.8 Å². The second-order valence-electron chi connectivity index (χ2n) is 4.03. The van der Waals surface area contributed by atoms with Gasteiger partial charge in [-0.05, 0) is 41.1 Å². The number of nitrogens with zero attached hydrogens (tertiary/aromatic N) is 2. The Morgan fingerprint density at radius 1 is 1.40 bits per heavy atom. The Morgan fingerprint density at radius 2 is 2.15 bits per heavy atom. The SMILES string of the molecule is Cc1c(NC(=O)c2ccnc(Br)c2)cccc1[N+](=O)[O-]. The smallest absolute Gasteiger partial charge is 0.274 e. The van der Waals surface area contributed by atoms with Crippen molar-refractivity contribution in [2.45, 2.75) is 6.92 Å². The van der Waals surface area contributed by atoms with Gasteiger partial charge in [-0.2, -0.15) is 0 Å². The number of halogens is 1. The minimum absolute atomic E-state index is 0.0290. The minimum Gasteiger partial charge on any atom is -0.321 e. The fraction of sp³-hybridized carbons (Fsp3) is 0.0769. The topological polar surface area (TPSA) is 85.1 Å². The number of amides is 1. The molecule has 0 aliphatic carbocycles. The van der Waals surface area contributed by atoms with Gasteiger partial charge in [0.1, 0.15) is 4.60 Å². The number of pyridine rings is 1. The molecule has 1 N–H and O–H groups in total. The van der Waals surface area contributed by atoms with Crippen LogP contribution < -0.4 is 5.32 Å². The van der Waals surface area contributed by atoms with Crippen LogP contribution >= 0.6 is 15.9 Å². The van der Waals surface area contributed by atoms with E-state index in [0.717, 1.165) is 0 Å². The Balaban J connectivity index is 2.29. The van der Waals surface area contributed by atoms with Gasteiger partial charge in [-0.1, -0.05) is 6.07 Å². The molecule has 0 atom stereocenters. The summed E-state index contributed by atoms with van der Waals surface area (Å²) in [6.45, 7) is 1.59. The molecule has 102 valence electrons. The summed E-state index contributed by atoms with van der Waals surface area (Å²) in [7, 11) is 0. The molecule has 0 spiro atoms. The Bertz CT molecular complexity index is 688. The molecule has 0 bridgehead atoms. The third-order valence-corrected chi connectivity index (χ3v) is 3.17. The third kappa shape index (κ3) is 3.00. The first-order valence-corrected chi connectivity index (χ1v) is 6.45. The molecule has 0 saturated carbocycles.